The number of amides is 2. The third-order valence-corrected chi connectivity index (χ3v) is 3.85. The van der Waals surface area contributed by atoms with Gasteiger partial charge in [-0.2, -0.15) is 0 Å². The van der Waals surface area contributed by atoms with Gasteiger partial charge in [0.05, 0.1) is 12.7 Å². The van der Waals surface area contributed by atoms with Crippen LogP contribution in [0, 0.1) is 0 Å². The van der Waals surface area contributed by atoms with Crippen molar-refractivity contribution in [3.63, 3.8) is 0 Å². The highest BCUT2D eigenvalue weighted by atomic mass is 79.9. The summed E-state index contributed by atoms with van der Waals surface area (Å²) < 4.78 is 6.33. The molecule has 1 aliphatic heterocycles. The van der Waals surface area contributed by atoms with Gasteiger partial charge in [0, 0.05) is 36.1 Å². The van der Waals surface area contributed by atoms with E-state index in [1.54, 1.807) is 17.0 Å². The molecule has 2 rings (SSSR count). The Morgan fingerprint density at radius 3 is 2.76 bits per heavy atom. The van der Waals surface area contributed by atoms with Gasteiger partial charge in [-0.05, 0) is 31.2 Å². The van der Waals surface area contributed by atoms with E-state index in [1.807, 2.05) is 19.1 Å². The summed E-state index contributed by atoms with van der Waals surface area (Å²) in [5.41, 5.74) is 0.589. The van der Waals surface area contributed by atoms with Crippen LogP contribution in [0.25, 0.3) is 0 Å². The van der Waals surface area contributed by atoms with Crippen LogP contribution in [0.15, 0.2) is 28.7 Å². The van der Waals surface area contributed by atoms with Crippen LogP contribution < -0.4 is 5.32 Å². The summed E-state index contributed by atoms with van der Waals surface area (Å²) in [4.78, 5) is 25.7. The number of nitrogens with one attached hydrogen (secondary N) is 1. The standard InChI is InChI=1S/C15H19BrN2O3/c1-11-10-18(8-9-21-11)14(19)6-7-17-15(20)12-2-4-13(16)5-3-12/h2-5,11H,6-10H2,1H3,(H,17,20). The number of carbonyl (C=O) groups is 2. The Morgan fingerprint density at radius 2 is 2.10 bits per heavy atom. The predicted molar refractivity (Wildman–Crippen MR) is 83.1 cm³/mol. The van der Waals surface area contributed by atoms with Gasteiger partial charge in [-0.15, -0.1) is 0 Å². The fourth-order valence-corrected chi connectivity index (χ4v) is 2.45. The smallest absolute Gasteiger partial charge is 0.251 e. The first-order chi connectivity index (χ1) is 10.1. The third-order valence-electron chi connectivity index (χ3n) is 3.32. The highest BCUT2D eigenvalue weighted by Gasteiger charge is 2.20. The molecule has 0 radical (unpaired) electrons. The average Bonchev–Trinajstić information content (AvgIpc) is 2.47. The third kappa shape index (κ3) is 4.82. The molecule has 1 unspecified atom stereocenters. The van der Waals surface area contributed by atoms with Gasteiger partial charge in [0.2, 0.25) is 5.91 Å². The number of nitrogens with zero attached hydrogens (tertiary/aromatic N) is 1. The molecule has 1 N–H and O–H groups in total. The fraction of sp³-hybridized carbons (Fsp3) is 0.467. The van der Waals surface area contributed by atoms with E-state index in [0.717, 1.165) is 4.47 Å². The van der Waals surface area contributed by atoms with Crippen molar-refractivity contribution in [3.8, 4) is 0 Å². The van der Waals surface area contributed by atoms with Crippen LogP contribution in [-0.2, 0) is 9.53 Å². The van der Waals surface area contributed by atoms with Crippen LogP contribution in [0.3, 0.4) is 0 Å². The zero-order valence-corrected chi connectivity index (χ0v) is 13.6. The summed E-state index contributed by atoms with van der Waals surface area (Å²) >= 11 is 3.32. The van der Waals surface area contributed by atoms with Gasteiger partial charge in [0.15, 0.2) is 0 Å². The number of rotatable bonds is 4. The number of benzene rings is 1. The van der Waals surface area contributed by atoms with Crippen LogP contribution >= 0.6 is 15.9 Å². The lowest BCUT2D eigenvalue weighted by molar-refractivity contribution is -0.137. The number of morpholine rings is 1. The van der Waals surface area contributed by atoms with Crippen molar-refractivity contribution in [1.29, 1.82) is 0 Å². The van der Waals surface area contributed by atoms with Gasteiger partial charge in [-0.1, -0.05) is 15.9 Å². The molecule has 6 heteroatoms. The van der Waals surface area contributed by atoms with Gasteiger partial charge in [-0.25, -0.2) is 0 Å². The maximum atomic E-state index is 12.0. The lowest BCUT2D eigenvalue weighted by Gasteiger charge is -2.31. The van der Waals surface area contributed by atoms with Crippen molar-refractivity contribution < 1.29 is 14.3 Å². The van der Waals surface area contributed by atoms with E-state index in [4.69, 9.17) is 4.74 Å². The second-order valence-corrected chi connectivity index (χ2v) is 5.95. The van der Waals surface area contributed by atoms with Gasteiger partial charge in [0.25, 0.3) is 5.91 Å². The molecule has 0 aromatic heterocycles. The Morgan fingerprint density at radius 1 is 1.38 bits per heavy atom. The van der Waals surface area contributed by atoms with E-state index in [1.165, 1.54) is 0 Å². The molecule has 0 bridgehead atoms. The number of hydrogen-bond acceptors (Lipinski definition) is 3. The van der Waals surface area contributed by atoms with E-state index in [-0.39, 0.29) is 17.9 Å². The maximum absolute atomic E-state index is 12.0. The van der Waals surface area contributed by atoms with E-state index in [0.29, 0.717) is 38.2 Å². The maximum Gasteiger partial charge on any atom is 0.251 e. The zero-order valence-electron chi connectivity index (χ0n) is 12.0. The molecular weight excluding hydrogens is 336 g/mol. The largest absolute Gasteiger partial charge is 0.375 e. The number of hydrogen-bond donors (Lipinski definition) is 1. The lowest BCUT2D eigenvalue weighted by atomic mass is 10.2. The fourth-order valence-electron chi connectivity index (χ4n) is 2.19. The van der Waals surface area contributed by atoms with E-state index >= 15 is 0 Å². The molecule has 1 aromatic rings. The van der Waals surface area contributed by atoms with E-state index in [2.05, 4.69) is 21.2 Å². The molecule has 1 heterocycles. The SMILES string of the molecule is CC1CN(C(=O)CCNC(=O)c2ccc(Br)cc2)CCO1. The second-order valence-electron chi connectivity index (χ2n) is 5.03. The molecule has 114 valence electrons. The number of halogens is 1. The van der Waals surface area contributed by atoms with E-state index in [9.17, 15) is 9.59 Å². The predicted octanol–water partition coefficient (Wildman–Crippen LogP) is 1.82. The molecule has 0 aliphatic carbocycles. The van der Waals surface area contributed by atoms with Crippen LogP contribution in [0.4, 0.5) is 0 Å². The molecule has 0 saturated carbocycles. The van der Waals surface area contributed by atoms with Gasteiger partial charge in [0.1, 0.15) is 0 Å². The first kappa shape index (κ1) is 16.0. The summed E-state index contributed by atoms with van der Waals surface area (Å²) in [5, 5.41) is 2.77. The van der Waals surface area contributed by atoms with E-state index < -0.39 is 0 Å². The summed E-state index contributed by atoms with van der Waals surface area (Å²) in [5.74, 6) is -0.105. The summed E-state index contributed by atoms with van der Waals surface area (Å²) in [7, 11) is 0. The Kier molecular flexibility index (Phi) is 5.76. The quantitative estimate of drug-likeness (QED) is 0.896. The molecule has 2 amide bonds. The zero-order chi connectivity index (χ0) is 15.2. The highest BCUT2D eigenvalue weighted by molar-refractivity contribution is 9.10. The normalized spacial score (nSPS) is 18.4. The highest BCUT2D eigenvalue weighted by Crippen LogP contribution is 2.10. The Bertz CT molecular complexity index is 504. The molecule has 1 saturated heterocycles. The number of ether oxygens (including phenoxy) is 1. The van der Waals surface area contributed by atoms with Crippen molar-refractivity contribution in [1.82, 2.24) is 10.2 Å². The first-order valence-corrected chi connectivity index (χ1v) is 7.78. The second kappa shape index (κ2) is 7.56. The van der Waals surface area contributed by atoms with Crippen molar-refractivity contribution >= 4 is 27.7 Å². The minimum absolute atomic E-state index is 0.0567. The van der Waals surface area contributed by atoms with Crippen molar-refractivity contribution in [2.45, 2.75) is 19.4 Å². The molecular formula is C15H19BrN2O3. The van der Waals surface area contributed by atoms with Gasteiger partial charge < -0.3 is 15.0 Å². The number of carbonyl (C=O) groups excluding carboxylic acids is 2. The first-order valence-electron chi connectivity index (χ1n) is 6.99. The summed E-state index contributed by atoms with van der Waals surface area (Å²) in [6, 6.07) is 7.11. The molecule has 1 aromatic carbocycles. The summed E-state index contributed by atoms with van der Waals surface area (Å²) in [6.45, 7) is 4.13. The topological polar surface area (TPSA) is 58.6 Å². The molecule has 21 heavy (non-hydrogen) atoms. The molecule has 1 atom stereocenters. The monoisotopic (exact) mass is 354 g/mol. The Hall–Kier alpha value is -1.40. The molecule has 0 spiro atoms. The molecule has 1 fully saturated rings. The van der Waals surface area contributed by atoms with Crippen LogP contribution in [0.2, 0.25) is 0 Å². The summed E-state index contributed by atoms with van der Waals surface area (Å²) in [6.07, 6.45) is 0.398. The minimum atomic E-state index is -0.161. The van der Waals surface area contributed by atoms with Gasteiger partial charge >= 0.3 is 0 Å². The van der Waals surface area contributed by atoms with Crippen molar-refractivity contribution in [3.05, 3.63) is 34.3 Å². The van der Waals surface area contributed by atoms with Gasteiger partial charge in [-0.3, -0.25) is 9.59 Å². The van der Waals surface area contributed by atoms with Crippen LogP contribution in [0.5, 0.6) is 0 Å². The lowest BCUT2D eigenvalue weighted by Crippen LogP contribution is -2.45. The van der Waals surface area contributed by atoms with Crippen LogP contribution in [0.1, 0.15) is 23.7 Å². The Balaban J connectivity index is 1.74. The molecule has 5 nitrogen and oxygen atoms in total. The van der Waals surface area contributed by atoms with Crippen LogP contribution in [-0.4, -0.2) is 49.1 Å². The average molecular weight is 355 g/mol. The Labute approximate surface area is 132 Å². The minimum Gasteiger partial charge on any atom is -0.375 e. The van der Waals surface area contributed by atoms with Crippen molar-refractivity contribution in [2.24, 2.45) is 0 Å². The van der Waals surface area contributed by atoms with Crippen molar-refractivity contribution in [2.75, 3.05) is 26.2 Å². The molecule has 1 aliphatic rings.